The number of carbonyl (C=O) groups is 1. The van der Waals surface area contributed by atoms with E-state index in [0.717, 1.165) is 0 Å². The van der Waals surface area contributed by atoms with Crippen LogP contribution in [-0.4, -0.2) is 23.1 Å². The van der Waals surface area contributed by atoms with Crippen molar-refractivity contribution in [1.82, 2.24) is 4.90 Å². The normalized spacial score (nSPS) is 11.2. The summed E-state index contributed by atoms with van der Waals surface area (Å²) in [6, 6.07) is 3.94. The average Bonchev–Trinajstić information content (AvgIpc) is 2.21. The molecule has 0 N–H and O–H groups in total. The van der Waals surface area contributed by atoms with Crippen molar-refractivity contribution in [2.75, 3.05) is 6.54 Å². The molecular weight excluding hydrogens is 301 g/mol. The Hall–Kier alpha value is -1.10. The summed E-state index contributed by atoms with van der Waals surface area (Å²) in [6.45, 7) is 8.21. The van der Waals surface area contributed by atoms with Gasteiger partial charge < -0.3 is 9.64 Å². The Balaban J connectivity index is 2.87. The highest BCUT2D eigenvalue weighted by molar-refractivity contribution is 9.10. The third-order valence-corrected chi connectivity index (χ3v) is 3.06. The second kappa shape index (κ2) is 5.69. The second-order valence-corrected chi connectivity index (χ2v) is 5.71. The van der Waals surface area contributed by atoms with Gasteiger partial charge in [0.15, 0.2) is 0 Å². The molecule has 0 saturated carbocycles. The lowest BCUT2D eigenvalue weighted by Gasteiger charge is -2.33. The predicted molar refractivity (Wildman–Crippen MR) is 72.3 cm³/mol. The zero-order chi connectivity index (χ0) is 13.9. The van der Waals surface area contributed by atoms with Gasteiger partial charge >= 0.3 is 6.09 Å². The molecule has 0 saturated heterocycles. The van der Waals surface area contributed by atoms with Gasteiger partial charge in [0, 0.05) is 12.1 Å². The van der Waals surface area contributed by atoms with E-state index in [1.54, 1.807) is 4.90 Å². The summed E-state index contributed by atoms with van der Waals surface area (Å²) >= 11 is 3.16. The van der Waals surface area contributed by atoms with Crippen LogP contribution in [0.1, 0.15) is 27.7 Å². The average molecular weight is 318 g/mol. The van der Waals surface area contributed by atoms with Gasteiger partial charge in [0.05, 0.1) is 4.47 Å². The Morgan fingerprint density at radius 1 is 1.44 bits per heavy atom. The van der Waals surface area contributed by atoms with Gasteiger partial charge in [-0.2, -0.15) is 0 Å². The number of benzene rings is 1. The zero-order valence-corrected chi connectivity index (χ0v) is 12.5. The molecule has 1 rings (SSSR count). The molecule has 0 aliphatic rings. The van der Waals surface area contributed by atoms with Gasteiger partial charge in [-0.15, -0.1) is 0 Å². The lowest BCUT2D eigenvalue weighted by atomic mass is 10.1. The minimum atomic E-state index is -0.447. The first-order valence-corrected chi connectivity index (χ1v) is 6.49. The SMILES string of the molecule is CCN(C(=O)Oc1ccc(F)cc1Br)C(C)(C)C. The van der Waals surface area contributed by atoms with Crippen LogP contribution in [0, 0.1) is 5.82 Å². The summed E-state index contributed by atoms with van der Waals surface area (Å²) in [6.07, 6.45) is -0.447. The van der Waals surface area contributed by atoms with Crippen molar-refractivity contribution in [2.24, 2.45) is 0 Å². The summed E-state index contributed by atoms with van der Waals surface area (Å²) in [5.41, 5.74) is -0.321. The molecular formula is C13H17BrFNO2. The highest BCUT2D eigenvalue weighted by Crippen LogP contribution is 2.26. The molecule has 0 aliphatic heterocycles. The second-order valence-electron chi connectivity index (χ2n) is 4.86. The van der Waals surface area contributed by atoms with E-state index in [1.807, 2.05) is 27.7 Å². The van der Waals surface area contributed by atoms with Gasteiger partial charge in [-0.05, 0) is 61.8 Å². The van der Waals surface area contributed by atoms with Crippen LogP contribution in [0.25, 0.3) is 0 Å². The van der Waals surface area contributed by atoms with E-state index in [0.29, 0.717) is 16.8 Å². The van der Waals surface area contributed by atoms with E-state index in [9.17, 15) is 9.18 Å². The predicted octanol–water partition coefficient (Wildman–Crippen LogP) is 4.21. The van der Waals surface area contributed by atoms with E-state index in [2.05, 4.69) is 15.9 Å². The number of amides is 1. The van der Waals surface area contributed by atoms with Gasteiger partial charge in [-0.3, -0.25) is 0 Å². The van der Waals surface area contributed by atoms with E-state index < -0.39 is 6.09 Å². The Morgan fingerprint density at radius 2 is 2.06 bits per heavy atom. The van der Waals surface area contributed by atoms with Crippen molar-refractivity contribution in [3.63, 3.8) is 0 Å². The molecule has 5 heteroatoms. The van der Waals surface area contributed by atoms with Crippen molar-refractivity contribution in [3.8, 4) is 5.75 Å². The summed E-state index contributed by atoms with van der Waals surface area (Å²) < 4.78 is 18.6. The van der Waals surface area contributed by atoms with Crippen LogP contribution in [0.5, 0.6) is 5.75 Å². The molecule has 0 heterocycles. The maximum atomic E-state index is 12.9. The Kier molecular flexibility index (Phi) is 4.73. The largest absolute Gasteiger partial charge is 0.415 e. The minimum Gasteiger partial charge on any atom is -0.409 e. The van der Waals surface area contributed by atoms with Crippen LogP contribution in [0.15, 0.2) is 22.7 Å². The zero-order valence-electron chi connectivity index (χ0n) is 11.0. The summed E-state index contributed by atoms with van der Waals surface area (Å²) in [4.78, 5) is 13.6. The van der Waals surface area contributed by atoms with Crippen LogP contribution >= 0.6 is 15.9 Å². The number of rotatable bonds is 2. The molecule has 1 aromatic carbocycles. The Bertz CT molecular complexity index is 443. The van der Waals surface area contributed by atoms with Crippen LogP contribution in [-0.2, 0) is 0 Å². The maximum Gasteiger partial charge on any atom is 0.415 e. The Labute approximate surface area is 115 Å². The van der Waals surface area contributed by atoms with Crippen molar-refractivity contribution in [1.29, 1.82) is 0 Å². The number of halogens is 2. The number of hydrogen-bond donors (Lipinski definition) is 0. The van der Waals surface area contributed by atoms with Crippen LogP contribution in [0.2, 0.25) is 0 Å². The molecule has 0 radical (unpaired) electrons. The number of hydrogen-bond acceptors (Lipinski definition) is 2. The molecule has 1 aromatic rings. The third kappa shape index (κ3) is 3.70. The minimum absolute atomic E-state index is 0.309. The molecule has 0 spiro atoms. The number of ether oxygens (including phenoxy) is 1. The third-order valence-electron chi connectivity index (χ3n) is 2.44. The van der Waals surface area contributed by atoms with Crippen LogP contribution < -0.4 is 4.74 Å². The van der Waals surface area contributed by atoms with E-state index >= 15 is 0 Å². The fraction of sp³-hybridized carbons (Fsp3) is 0.462. The molecule has 0 fully saturated rings. The number of nitrogens with zero attached hydrogens (tertiary/aromatic N) is 1. The molecule has 1 amide bonds. The molecule has 0 bridgehead atoms. The van der Waals surface area contributed by atoms with E-state index in [4.69, 9.17) is 4.74 Å². The van der Waals surface area contributed by atoms with Crippen molar-refractivity contribution >= 4 is 22.0 Å². The molecule has 3 nitrogen and oxygen atoms in total. The number of carbonyl (C=O) groups excluding carboxylic acids is 1. The fourth-order valence-electron chi connectivity index (χ4n) is 1.58. The summed E-state index contributed by atoms with van der Waals surface area (Å²) in [5.74, 6) is -0.0751. The van der Waals surface area contributed by atoms with Gasteiger partial charge in [0.25, 0.3) is 0 Å². The lowest BCUT2D eigenvalue weighted by molar-refractivity contribution is 0.110. The standard InChI is InChI=1S/C13H17BrFNO2/c1-5-16(13(2,3)4)12(17)18-11-7-6-9(15)8-10(11)14/h6-8H,5H2,1-4H3. The van der Waals surface area contributed by atoms with Crippen molar-refractivity contribution in [2.45, 2.75) is 33.2 Å². The topological polar surface area (TPSA) is 29.5 Å². The Morgan fingerprint density at radius 3 is 2.50 bits per heavy atom. The van der Waals surface area contributed by atoms with E-state index in [-0.39, 0.29) is 11.4 Å². The molecule has 100 valence electrons. The highest BCUT2D eigenvalue weighted by Gasteiger charge is 2.26. The van der Waals surface area contributed by atoms with Gasteiger partial charge in [-0.1, -0.05) is 0 Å². The van der Waals surface area contributed by atoms with Gasteiger partial charge in [-0.25, -0.2) is 9.18 Å². The molecule has 0 unspecified atom stereocenters. The first kappa shape index (κ1) is 15.0. The summed E-state index contributed by atoms with van der Waals surface area (Å²) in [5, 5.41) is 0. The van der Waals surface area contributed by atoms with Crippen molar-refractivity contribution < 1.29 is 13.9 Å². The fourth-order valence-corrected chi connectivity index (χ4v) is 2.02. The summed E-state index contributed by atoms with van der Waals surface area (Å²) in [7, 11) is 0. The first-order chi connectivity index (χ1) is 8.25. The highest BCUT2D eigenvalue weighted by atomic mass is 79.9. The van der Waals surface area contributed by atoms with Crippen LogP contribution in [0.4, 0.5) is 9.18 Å². The molecule has 0 aliphatic carbocycles. The monoisotopic (exact) mass is 317 g/mol. The quantitative estimate of drug-likeness (QED) is 0.817. The molecule has 18 heavy (non-hydrogen) atoms. The van der Waals surface area contributed by atoms with Gasteiger partial charge in [0.2, 0.25) is 0 Å². The maximum absolute atomic E-state index is 12.9. The molecule has 0 aromatic heterocycles. The van der Waals surface area contributed by atoms with Crippen molar-refractivity contribution in [3.05, 3.63) is 28.5 Å². The molecule has 0 atom stereocenters. The first-order valence-electron chi connectivity index (χ1n) is 5.70. The van der Waals surface area contributed by atoms with E-state index in [1.165, 1.54) is 18.2 Å². The van der Waals surface area contributed by atoms with Gasteiger partial charge in [0.1, 0.15) is 11.6 Å². The smallest absolute Gasteiger partial charge is 0.409 e. The lowest BCUT2D eigenvalue weighted by Crippen LogP contribution is -2.46. The van der Waals surface area contributed by atoms with Crippen LogP contribution in [0.3, 0.4) is 0 Å².